The molecule has 0 saturated heterocycles. The van der Waals surface area contributed by atoms with Crippen LogP contribution in [0.1, 0.15) is 6.92 Å². The highest BCUT2D eigenvalue weighted by molar-refractivity contribution is 6.54. The number of anilines is 1. The summed E-state index contributed by atoms with van der Waals surface area (Å²) >= 11 is 11.3. The maximum Gasteiger partial charge on any atom is 0.260 e. The topological polar surface area (TPSA) is 29.5 Å². The first-order chi connectivity index (χ1) is 7.61. The average molecular weight is 260 g/mol. The molecule has 1 aliphatic rings. The molecule has 0 saturated carbocycles. The second kappa shape index (κ2) is 4.52. The summed E-state index contributed by atoms with van der Waals surface area (Å²) < 4.78 is 5.52. The van der Waals surface area contributed by atoms with Crippen molar-refractivity contribution in [3.8, 4) is 5.75 Å². The molecule has 2 rings (SSSR count). The molecule has 0 bridgehead atoms. The fourth-order valence-electron chi connectivity index (χ4n) is 1.74. The Bertz CT molecular complexity index is 409. The van der Waals surface area contributed by atoms with E-state index in [0.29, 0.717) is 12.4 Å². The Balaban J connectivity index is 2.40. The Hall–Kier alpha value is -0.930. The quantitative estimate of drug-likeness (QED) is 0.726. The molecule has 0 aliphatic carbocycles. The number of alkyl halides is 2. The number of rotatable bonds is 1. The summed E-state index contributed by atoms with van der Waals surface area (Å²) in [6.07, 6.45) is 0. The van der Waals surface area contributed by atoms with Crippen molar-refractivity contribution in [2.24, 2.45) is 0 Å². The molecule has 1 atom stereocenters. The number of carbonyl (C=O) groups is 1. The number of para-hydroxylation sites is 2. The van der Waals surface area contributed by atoms with Crippen LogP contribution in [-0.2, 0) is 4.79 Å². The molecule has 0 radical (unpaired) electrons. The maximum absolute atomic E-state index is 11.9. The summed E-state index contributed by atoms with van der Waals surface area (Å²) in [6, 6.07) is 7.27. The maximum atomic E-state index is 11.9. The largest absolute Gasteiger partial charge is 0.489 e. The Kier molecular flexibility index (Phi) is 3.26. The summed E-state index contributed by atoms with van der Waals surface area (Å²) in [4.78, 5) is 12.4. The first-order valence-corrected chi connectivity index (χ1v) is 5.81. The number of carbonyl (C=O) groups excluding carboxylic acids is 1. The molecule has 3 nitrogen and oxygen atoms in total. The van der Waals surface area contributed by atoms with Crippen molar-refractivity contribution in [2.75, 3.05) is 11.5 Å². The van der Waals surface area contributed by atoms with Gasteiger partial charge in [0, 0.05) is 0 Å². The number of ether oxygens (including phenoxy) is 1. The molecular formula is C11H11Cl2NO2. The molecule has 0 fully saturated rings. The van der Waals surface area contributed by atoms with Crippen LogP contribution in [0.25, 0.3) is 0 Å². The van der Waals surface area contributed by atoms with Crippen LogP contribution < -0.4 is 9.64 Å². The summed E-state index contributed by atoms with van der Waals surface area (Å²) in [5, 5.41) is 0. The van der Waals surface area contributed by atoms with Crippen LogP contribution in [0.2, 0.25) is 0 Å². The second-order valence-electron chi connectivity index (χ2n) is 3.64. The van der Waals surface area contributed by atoms with Crippen LogP contribution in [0, 0.1) is 0 Å². The van der Waals surface area contributed by atoms with Crippen molar-refractivity contribution in [3.63, 3.8) is 0 Å². The van der Waals surface area contributed by atoms with Crippen LogP contribution >= 0.6 is 23.2 Å². The third-order valence-electron chi connectivity index (χ3n) is 2.47. The minimum atomic E-state index is -1.05. The molecule has 0 spiro atoms. The highest BCUT2D eigenvalue weighted by Crippen LogP contribution is 2.34. The lowest BCUT2D eigenvalue weighted by molar-refractivity contribution is -0.117. The van der Waals surface area contributed by atoms with Crippen molar-refractivity contribution in [2.45, 2.75) is 17.8 Å². The number of nitrogens with zero attached hydrogens (tertiary/aromatic N) is 1. The van der Waals surface area contributed by atoms with Gasteiger partial charge in [-0.3, -0.25) is 4.79 Å². The summed E-state index contributed by atoms with van der Waals surface area (Å²) in [5.41, 5.74) is 0.720. The van der Waals surface area contributed by atoms with E-state index in [2.05, 4.69) is 0 Å². The molecule has 5 heteroatoms. The predicted molar refractivity (Wildman–Crippen MR) is 64.4 cm³/mol. The normalized spacial score (nSPS) is 19.2. The molecule has 0 unspecified atom stereocenters. The lowest BCUT2D eigenvalue weighted by atomic mass is 10.1. The van der Waals surface area contributed by atoms with Gasteiger partial charge in [0.2, 0.25) is 0 Å². The summed E-state index contributed by atoms with van der Waals surface area (Å²) in [6.45, 7) is 2.34. The molecule has 1 aromatic rings. The summed E-state index contributed by atoms with van der Waals surface area (Å²) in [7, 11) is 0. The summed E-state index contributed by atoms with van der Waals surface area (Å²) in [5.74, 6) is 0.370. The van der Waals surface area contributed by atoms with E-state index >= 15 is 0 Å². The molecule has 0 aromatic heterocycles. The molecule has 0 N–H and O–H groups in total. The van der Waals surface area contributed by atoms with Gasteiger partial charge in [-0.05, 0) is 19.1 Å². The molecule has 1 heterocycles. The second-order valence-corrected chi connectivity index (χ2v) is 4.73. The van der Waals surface area contributed by atoms with E-state index in [-0.39, 0.29) is 11.9 Å². The zero-order chi connectivity index (χ0) is 11.7. The molecule has 1 aromatic carbocycles. The number of hydrogen-bond donors (Lipinski definition) is 0. The van der Waals surface area contributed by atoms with Gasteiger partial charge in [-0.2, -0.15) is 0 Å². The van der Waals surface area contributed by atoms with Crippen LogP contribution in [-0.4, -0.2) is 23.4 Å². The number of halogens is 2. The van der Waals surface area contributed by atoms with Gasteiger partial charge < -0.3 is 9.64 Å². The molecule has 86 valence electrons. The molecular weight excluding hydrogens is 249 g/mol. The van der Waals surface area contributed by atoms with Gasteiger partial charge in [0.05, 0.1) is 11.7 Å². The average Bonchev–Trinajstić information content (AvgIpc) is 2.28. The van der Waals surface area contributed by atoms with Gasteiger partial charge in [0.25, 0.3) is 5.91 Å². The van der Waals surface area contributed by atoms with E-state index < -0.39 is 4.84 Å². The Morgan fingerprint density at radius 1 is 1.50 bits per heavy atom. The van der Waals surface area contributed by atoms with Crippen LogP contribution in [0.15, 0.2) is 24.3 Å². The van der Waals surface area contributed by atoms with Gasteiger partial charge >= 0.3 is 0 Å². The van der Waals surface area contributed by atoms with Crippen molar-refractivity contribution in [3.05, 3.63) is 24.3 Å². The van der Waals surface area contributed by atoms with Crippen molar-refractivity contribution >= 4 is 34.8 Å². The third kappa shape index (κ3) is 1.97. The highest BCUT2D eigenvalue weighted by atomic mass is 35.5. The van der Waals surface area contributed by atoms with Crippen molar-refractivity contribution in [1.29, 1.82) is 0 Å². The zero-order valence-electron chi connectivity index (χ0n) is 8.69. The SMILES string of the molecule is C[C@@H]1COc2ccccc2N1C(=O)C(Cl)Cl. The smallest absolute Gasteiger partial charge is 0.260 e. The Morgan fingerprint density at radius 2 is 2.19 bits per heavy atom. The standard InChI is InChI=1S/C11H11Cl2NO2/c1-7-6-16-9-5-3-2-4-8(9)14(7)11(15)10(12)13/h2-5,7,10H,6H2,1H3/t7-/m1/s1. The van der Waals surface area contributed by atoms with E-state index in [1.54, 1.807) is 4.90 Å². The van der Waals surface area contributed by atoms with Crippen molar-refractivity contribution < 1.29 is 9.53 Å². The van der Waals surface area contributed by atoms with Gasteiger partial charge in [-0.1, -0.05) is 35.3 Å². The minimum Gasteiger partial charge on any atom is -0.489 e. The van der Waals surface area contributed by atoms with Gasteiger partial charge in [-0.25, -0.2) is 0 Å². The number of benzene rings is 1. The highest BCUT2D eigenvalue weighted by Gasteiger charge is 2.31. The third-order valence-corrected chi connectivity index (χ3v) is 2.84. The van der Waals surface area contributed by atoms with Crippen LogP contribution in [0.5, 0.6) is 5.75 Å². The lowest BCUT2D eigenvalue weighted by Crippen LogP contribution is -2.47. The van der Waals surface area contributed by atoms with Crippen LogP contribution in [0.4, 0.5) is 5.69 Å². The first kappa shape index (κ1) is 11.6. The van der Waals surface area contributed by atoms with E-state index in [0.717, 1.165) is 5.69 Å². The Labute approximate surface area is 104 Å². The monoisotopic (exact) mass is 259 g/mol. The fourth-order valence-corrected chi connectivity index (χ4v) is 1.95. The number of hydrogen-bond acceptors (Lipinski definition) is 2. The van der Waals surface area contributed by atoms with Gasteiger partial charge in [0.15, 0.2) is 4.84 Å². The van der Waals surface area contributed by atoms with Crippen LogP contribution in [0.3, 0.4) is 0 Å². The van der Waals surface area contributed by atoms with E-state index in [9.17, 15) is 4.79 Å². The lowest BCUT2D eigenvalue weighted by Gasteiger charge is -2.35. The van der Waals surface area contributed by atoms with Crippen molar-refractivity contribution in [1.82, 2.24) is 0 Å². The fraction of sp³-hybridized carbons (Fsp3) is 0.364. The molecule has 1 aliphatic heterocycles. The minimum absolute atomic E-state index is 0.0672. The number of amides is 1. The van der Waals surface area contributed by atoms with Gasteiger partial charge in [-0.15, -0.1) is 0 Å². The first-order valence-electron chi connectivity index (χ1n) is 4.94. The van der Waals surface area contributed by atoms with E-state index in [4.69, 9.17) is 27.9 Å². The molecule has 1 amide bonds. The van der Waals surface area contributed by atoms with E-state index in [1.165, 1.54) is 0 Å². The Morgan fingerprint density at radius 3 is 2.88 bits per heavy atom. The van der Waals surface area contributed by atoms with Gasteiger partial charge in [0.1, 0.15) is 12.4 Å². The number of fused-ring (bicyclic) bond motifs is 1. The van der Waals surface area contributed by atoms with E-state index in [1.807, 2.05) is 31.2 Å². The predicted octanol–water partition coefficient (Wildman–Crippen LogP) is 2.60. The molecule has 16 heavy (non-hydrogen) atoms. The zero-order valence-corrected chi connectivity index (χ0v) is 10.2.